The molecular formula is C20H19BrN2O. The highest BCUT2D eigenvalue weighted by molar-refractivity contribution is 9.10. The molecule has 0 radical (unpaired) electrons. The summed E-state index contributed by atoms with van der Waals surface area (Å²) in [7, 11) is 0. The predicted octanol–water partition coefficient (Wildman–Crippen LogP) is 4.98. The number of aryl methyl sites for hydroxylation is 1. The first-order valence-electron chi connectivity index (χ1n) is 7.81. The summed E-state index contributed by atoms with van der Waals surface area (Å²) in [5.74, 6) is -0.112. The summed E-state index contributed by atoms with van der Waals surface area (Å²) >= 11 is 3.58. The molecule has 0 heterocycles. The number of nitrogen functional groups attached to an aromatic ring is 1. The van der Waals surface area contributed by atoms with E-state index < -0.39 is 0 Å². The van der Waals surface area contributed by atoms with Crippen LogP contribution in [0, 0.1) is 6.92 Å². The van der Waals surface area contributed by atoms with E-state index in [0.717, 1.165) is 26.4 Å². The quantitative estimate of drug-likeness (QED) is 0.627. The van der Waals surface area contributed by atoms with Crippen LogP contribution < -0.4 is 11.1 Å². The van der Waals surface area contributed by atoms with Crippen LogP contribution in [0.3, 0.4) is 0 Å². The Balaban J connectivity index is 1.93. The normalized spacial score (nSPS) is 12.1. The Morgan fingerprint density at radius 2 is 1.79 bits per heavy atom. The summed E-state index contributed by atoms with van der Waals surface area (Å²) in [6, 6.07) is 17.5. The maximum Gasteiger partial charge on any atom is 0.252 e. The highest BCUT2D eigenvalue weighted by Gasteiger charge is 2.16. The van der Waals surface area contributed by atoms with Gasteiger partial charge in [-0.05, 0) is 53.9 Å². The van der Waals surface area contributed by atoms with Gasteiger partial charge in [0, 0.05) is 15.7 Å². The second kappa shape index (κ2) is 6.65. The van der Waals surface area contributed by atoms with Gasteiger partial charge in [0.2, 0.25) is 0 Å². The Bertz CT molecular complexity index is 921. The molecular weight excluding hydrogens is 364 g/mol. The molecule has 0 saturated heterocycles. The van der Waals surface area contributed by atoms with Crippen LogP contribution in [0.25, 0.3) is 10.8 Å². The fraction of sp³-hybridized carbons (Fsp3) is 0.150. The number of carbonyl (C=O) groups excluding carboxylic acids is 1. The van der Waals surface area contributed by atoms with Gasteiger partial charge in [-0.2, -0.15) is 0 Å². The minimum absolute atomic E-state index is 0.112. The van der Waals surface area contributed by atoms with Crippen LogP contribution >= 0.6 is 15.9 Å². The lowest BCUT2D eigenvalue weighted by Gasteiger charge is -2.18. The topological polar surface area (TPSA) is 55.1 Å². The Hall–Kier alpha value is -2.33. The molecule has 0 spiro atoms. The van der Waals surface area contributed by atoms with E-state index in [1.54, 1.807) is 12.1 Å². The van der Waals surface area contributed by atoms with E-state index in [1.165, 1.54) is 0 Å². The third kappa shape index (κ3) is 3.15. The molecule has 4 heteroatoms. The van der Waals surface area contributed by atoms with Gasteiger partial charge in [-0.3, -0.25) is 4.79 Å². The van der Waals surface area contributed by atoms with E-state index >= 15 is 0 Å². The van der Waals surface area contributed by atoms with Gasteiger partial charge in [-0.1, -0.05) is 52.3 Å². The van der Waals surface area contributed by atoms with E-state index in [4.69, 9.17) is 5.73 Å². The van der Waals surface area contributed by atoms with Crippen molar-refractivity contribution in [1.29, 1.82) is 0 Å². The lowest BCUT2D eigenvalue weighted by Crippen LogP contribution is -2.27. The molecule has 3 rings (SSSR count). The van der Waals surface area contributed by atoms with Gasteiger partial charge in [0.15, 0.2) is 0 Å². The molecule has 0 aliphatic rings. The minimum atomic E-state index is -0.115. The van der Waals surface area contributed by atoms with Gasteiger partial charge in [0.1, 0.15) is 0 Å². The minimum Gasteiger partial charge on any atom is -0.399 e. The van der Waals surface area contributed by atoms with Gasteiger partial charge in [-0.25, -0.2) is 0 Å². The fourth-order valence-electron chi connectivity index (χ4n) is 2.90. The molecule has 0 aromatic heterocycles. The molecule has 1 atom stereocenters. The van der Waals surface area contributed by atoms with Crippen molar-refractivity contribution in [2.75, 3.05) is 5.73 Å². The highest BCUT2D eigenvalue weighted by atomic mass is 79.9. The standard InChI is InChI=1S/C20H19BrN2O/c1-12-7-8-14(22)11-18(12)20(24)23-13(2)15-9-10-19(21)17-6-4-3-5-16(15)17/h3-11,13H,22H2,1-2H3,(H,23,24)/t13-/m1/s1. The Morgan fingerprint density at radius 3 is 2.54 bits per heavy atom. The van der Waals surface area contributed by atoms with Crippen molar-refractivity contribution in [2.45, 2.75) is 19.9 Å². The first-order valence-corrected chi connectivity index (χ1v) is 8.61. The Labute approximate surface area is 150 Å². The van der Waals surface area contributed by atoms with Crippen molar-refractivity contribution >= 4 is 38.3 Å². The second-order valence-electron chi connectivity index (χ2n) is 5.95. The number of hydrogen-bond acceptors (Lipinski definition) is 2. The summed E-state index contributed by atoms with van der Waals surface area (Å²) in [5.41, 5.74) is 9.02. The van der Waals surface area contributed by atoms with Gasteiger partial charge in [-0.15, -0.1) is 0 Å². The van der Waals surface area contributed by atoms with Crippen LogP contribution in [-0.4, -0.2) is 5.91 Å². The van der Waals surface area contributed by atoms with Gasteiger partial charge in [0.25, 0.3) is 5.91 Å². The Kier molecular flexibility index (Phi) is 4.58. The van der Waals surface area contributed by atoms with E-state index in [9.17, 15) is 4.79 Å². The van der Waals surface area contributed by atoms with Crippen molar-refractivity contribution < 1.29 is 4.79 Å². The van der Waals surface area contributed by atoms with Gasteiger partial charge in [0.05, 0.1) is 6.04 Å². The molecule has 24 heavy (non-hydrogen) atoms. The van der Waals surface area contributed by atoms with Crippen LogP contribution in [0.4, 0.5) is 5.69 Å². The summed E-state index contributed by atoms with van der Waals surface area (Å²) < 4.78 is 1.05. The van der Waals surface area contributed by atoms with E-state index in [2.05, 4.69) is 33.4 Å². The third-order valence-electron chi connectivity index (χ3n) is 4.22. The lowest BCUT2D eigenvalue weighted by atomic mass is 9.99. The van der Waals surface area contributed by atoms with Crippen LogP contribution in [-0.2, 0) is 0 Å². The number of amides is 1. The lowest BCUT2D eigenvalue weighted by molar-refractivity contribution is 0.0939. The van der Waals surface area contributed by atoms with Crippen LogP contribution in [0.15, 0.2) is 59.1 Å². The fourth-order valence-corrected chi connectivity index (χ4v) is 3.38. The van der Waals surface area contributed by atoms with Crippen LogP contribution in [0.2, 0.25) is 0 Å². The third-order valence-corrected chi connectivity index (χ3v) is 4.92. The maximum absolute atomic E-state index is 12.6. The molecule has 0 aliphatic heterocycles. The molecule has 0 unspecified atom stereocenters. The molecule has 3 N–H and O–H groups in total. The Morgan fingerprint density at radius 1 is 1.08 bits per heavy atom. The van der Waals surface area contributed by atoms with E-state index in [0.29, 0.717) is 11.3 Å². The molecule has 0 fully saturated rings. The number of carbonyl (C=O) groups is 1. The van der Waals surface area contributed by atoms with Gasteiger partial charge < -0.3 is 11.1 Å². The number of nitrogens with two attached hydrogens (primary N) is 1. The van der Waals surface area contributed by atoms with Crippen molar-refractivity contribution in [3.05, 3.63) is 75.8 Å². The zero-order chi connectivity index (χ0) is 17.3. The summed E-state index contributed by atoms with van der Waals surface area (Å²) in [6.07, 6.45) is 0. The number of benzene rings is 3. The van der Waals surface area contributed by atoms with E-state index in [-0.39, 0.29) is 11.9 Å². The largest absolute Gasteiger partial charge is 0.399 e. The smallest absolute Gasteiger partial charge is 0.252 e. The number of halogens is 1. The number of nitrogens with one attached hydrogen (secondary N) is 1. The molecule has 3 aromatic rings. The summed E-state index contributed by atoms with van der Waals surface area (Å²) in [4.78, 5) is 12.6. The molecule has 3 aromatic carbocycles. The highest BCUT2D eigenvalue weighted by Crippen LogP contribution is 2.30. The molecule has 0 saturated carbocycles. The molecule has 3 nitrogen and oxygen atoms in total. The van der Waals surface area contributed by atoms with Crippen molar-refractivity contribution in [3.8, 4) is 0 Å². The number of fused-ring (bicyclic) bond motifs is 1. The number of hydrogen-bond donors (Lipinski definition) is 2. The molecule has 0 aliphatic carbocycles. The SMILES string of the molecule is Cc1ccc(N)cc1C(=O)N[C@H](C)c1ccc(Br)c2ccccc12. The summed E-state index contributed by atoms with van der Waals surface area (Å²) in [6.45, 7) is 3.91. The molecule has 122 valence electrons. The number of rotatable bonds is 3. The molecule has 0 bridgehead atoms. The predicted molar refractivity (Wildman–Crippen MR) is 103 cm³/mol. The van der Waals surface area contributed by atoms with Gasteiger partial charge >= 0.3 is 0 Å². The zero-order valence-corrected chi connectivity index (χ0v) is 15.2. The maximum atomic E-state index is 12.6. The first-order chi connectivity index (χ1) is 11.5. The van der Waals surface area contributed by atoms with E-state index in [1.807, 2.05) is 44.2 Å². The van der Waals surface area contributed by atoms with Crippen molar-refractivity contribution in [3.63, 3.8) is 0 Å². The van der Waals surface area contributed by atoms with Crippen LogP contribution in [0.5, 0.6) is 0 Å². The summed E-state index contributed by atoms with van der Waals surface area (Å²) in [5, 5.41) is 5.35. The average Bonchev–Trinajstić information content (AvgIpc) is 2.57. The second-order valence-corrected chi connectivity index (χ2v) is 6.81. The van der Waals surface area contributed by atoms with Crippen LogP contribution in [0.1, 0.15) is 34.5 Å². The molecule has 1 amide bonds. The monoisotopic (exact) mass is 382 g/mol. The first kappa shape index (κ1) is 16.5. The average molecular weight is 383 g/mol. The zero-order valence-electron chi connectivity index (χ0n) is 13.6. The van der Waals surface area contributed by atoms with Crippen molar-refractivity contribution in [1.82, 2.24) is 5.32 Å². The number of anilines is 1. The van der Waals surface area contributed by atoms with Crippen molar-refractivity contribution in [2.24, 2.45) is 0 Å².